The number of benzene rings is 2. The number of nitrogens with one attached hydrogen (secondary N) is 1. The zero-order valence-corrected chi connectivity index (χ0v) is 16.0. The van der Waals surface area contributed by atoms with Gasteiger partial charge in [-0.3, -0.25) is 4.79 Å². The molecule has 2 aromatic rings. The zero-order chi connectivity index (χ0) is 19.2. The number of amides is 1. The quantitative estimate of drug-likeness (QED) is 0.765. The molecule has 6 nitrogen and oxygen atoms in total. The number of ether oxygens (including phenoxy) is 1. The summed E-state index contributed by atoms with van der Waals surface area (Å²) in [6.07, 6.45) is 1.24. The first-order chi connectivity index (χ1) is 12.3. The zero-order valence-electron chi connectivity index (χ0n) is 15.2. The molecule has 0 aliphatic heterocycles. The fourth-order valence-electron chi connectivity index (χ4n) is 2.47. The Hall–Kier alpha value is -2.38. The fourth-order valence-corrected chi connectivity index (χ4v) is 3.66. The highest BCUT2D eigenvalue weighted by Gasteiger charge is 2.20. The van der Waals surface area contributed by atoms with Gasteiger partial charge in [0.1, 0.15) is 11.5 Å². The average molecular weight is 376 g/mol. The molecule has 0 bridgehead atoms. The molecule has 0 aliphatic rings. The Bertz CT molecular complexity index is 818. The van der Waals surface area contributed by atoms with E-state index >= 15 is 0 Å². The topological polar surface area (TPSA) is 75.7 Å². The van der Waals surface area contributed by atoms with Gasteiger partial charge in [0.2, 0.25) is 15.9 Å². The predicted octanol–water partition coefficient (Wildman–Crippen LogP) is 3.48. The molecule has 1 amide bonds. The van der Waals surface area contributed by atoms with Crippen molar-refractivity contribution in [1.29, 1.82) is 0 Å². The lowest BCUT2D eigenvalue weighted by Gasteiger charge is -2.23. The van der Waals surface area contributed by atoms with Crippen molar-refractivity contribution in [3.05, 3.63) is 54.6 Å². The van der Waals surface area contributed by atoms with E-state index in [1.807, 2.05) is 30.3 Å². The molecule has 0 saturated carbocycles. The molecule has 7 heteroatoms. The van der Waals surface area contributed by atoms with Gasteiger partial charge in [0.15, 0.2) is 0 Å². The molecule has 2 rings (SSSR count). The summed E-state index contributed by atoms with van der Waals surface area (Å²) in [6, 6.07) is 16.2. The van der Waals surface area contributed by atoms with Gasteiger partial charge < -0.3 is 10.1 Å². The molecule has 0 atom stereocenters. The number of hydrogen-bond donors (Lipinski definition) is 1. The van der Waals surface area contributed by atoms with Gasteiger partial charge in [-0.05, 0) is 50.2 Å². The van der Waals surface area contributed by atoms with E-state index in [9.17, 15) is 13.2 Å². The maximum absolute atomic E-state index is 12.1. The van der Waals surface area contributed by atoms with Crippen LogP contribution in [-0.2, 0) is 14.8 Å². The lowest BCUT2D eigenvalue weighted by molar-refractivity contribution is -0.116. The molecule has 0 spiro atoms. The third kappa shape index (κ3) is 6.16. The molecule has 0 saturated heterocycles. The van der Waals surface area contributed by atoms with Crippen LogP contribution < -0.4 is 10.1 Å². The predicted molar refractivity (Wildman–Crippen MR) is 103 cm³/mol. The van der Waals surface area contributed by atoms with E-state index in [1.165, 1.54) is 4.31 Å². The summed E-state index contributed by atoms with van der Waals surface area (Å²) >= 11 is 0. The van der Waals surface area contributed by atoms with E-state index < -0.39 is 10.0 Å². The Labute approximate surface area is 154 Å². The van der Waals surface area contributed by atoms with Crippen LogP contribution in [0.2, 0.25) is 0 Å². The summed E-state index contributed by atoms with van der Waals surface area (Å²) in [6.45, 7) is 3.71. The Kier molecular flexibility index (Phi) is 6.76. The standard InChI is InChI=1S/C19H24N2O4S/c1-15(2)21(26(3,23)24)14-13-19(22)20-16-9-11-18(12-10-16)25-17-7-5-4-6-8-17/h4-12,15H,13-14H2,1-3H3,(H,20,22). The minimum atomic E-state index is -3.33. The van der Waals surface area contributed by atoms with E-state index in [0.717, 1.165) is 12.0 Å². The SMILES string of the molecule is CC(C)N(CCC(=O)Nc1ccc(Oc2ccccc2)cc1)S(C)(=O)=O. The van der Waals surface area contributed by atoms with Gasteiger partial charge >= 0.3 is 0 Å². The molecule has 0 aliphatic carbocycles. The molecule has 2 aromatic carbocycles. The van der Waals surface area contributed by atoms with E-state index in [1.54, 1.807) is 38.1 Å². The van der Waals surface area contributed by atoms with E-state index in [-0.39, 0.29) is 24.9 Å². The number of sulfonamides is 1. The second-order valence-corrected chi connectivity index (χ2v) is 8.14. The highest BCUT2D eigenvalue weighted by Crippen LogP contribution is 2.22. The summed E-state index contributed by atoms with van der Waals surface area (Å²) in [5.41, 5.74) is 0.630. The van der Waals surface area contributed by atoms with Crippen LogP contribution in [0.1, 0.15) is 20.3 Å². The largest absolute Gasteiger partial charge is 0.457 e. The van der Waals surface area contributed by atoms with Crippen molar-refractivity contribution < 1.29 is 17.9 Å². The molecule has 1 N–H and O–H groups in total. The van der Waals surface area contributed by atoms with Gasteiger partial charge in [-0.1, -0.05) is 18.2 Å². The summed E-state index contributed by atoms with van der Waals surface area (Å²) in [5.74, 6) is 1.16. The fraction of sp³-hybridized carbons (Fsp3) is 0.316. The first-order valence-corrected chi connectivity index (χ1v) is 10.2. The van der Waals surface area contributed by atoms with Gasteiger partial charge in [-0.25, -0.2) is 8.42 Å². The van der Waals surface area contributed by atoms with Crippen LogP contribution in [-0.4, -0.2) is 37.5 Å². The van der Waals surface area contributed by atoms with Crippen molar-refractivity contribution in [1.82, 2.24) is 4.31 Å². The van der Waals surface area contributed by atoms with Gasteiger partial charge in [-0.2, -0.15) is 4.31 Å². The second kappa shape index (κ2) is 8.82. The average Bonchev–Trinajstić information content (AvgIpc) is 2.56. The summed E-state index contributed by atoms with van der Waals surface area (Å²) in [4.78, 5) is 12.1. The Morgan fingerprint density at radius 2 is 1.62 bits per heavy atom. The summed E-state index contributed by atoms with van der Waals surface area (Å²) in [7, 11) is -3.33. The molecular formula is C19H24N2O4S. The monoisotopic (exact) mass is 376 g/mol. The molecule has 26 heavy (non-hydrogen) atoms. The molecule has 0 radical (unpaired) electrons. The van der Waals surface area contributed by atoms with Crippen molar-refractivity contribution in [3.8, 4) is 11.5 Å². The van der Waals surface area contributed by atoms with Crippen molar-refractivity contribution >= 4 is 21.6 Å². The Morgan fingerprint density at radius 3 is 2.15 bits per heavy atom. The molecule has 0 fully saturated rings. The van der Waals surface area contributed by atoms with Crippen LogP contribution in [0.3, 0.4) is 0 Å². The summed E-state index contributed by atoms with van der Waals surface area (Å²) < 4.78 is 30.4. The van der Waals surface area contributed by atoms with Crippen molar-refractivity contribution in [3.63, 3.8) is 0 Å². The second-order valence-electron chi connectivity index (χ2n) is 6.21. The van der Waals surface area contributed by atoms with Crippen LogP contribution in [0.25, 0.3) is 0 Å². The number of carbonyl (C=O) groups is 1. The maximum Gasteiger partial charge on any atom is 0.225 e. The molecule has 0 heterocycles. The summed E-state index contributed by atoms with van der Waals surface area (Å²) in [5, 5.41) is 2.76. The van der Waals surface area contributed by atoms with E-state index in [0.29, 0.717) is 11.4 Å². The minimum Gasteiger partial charge on any atom is -0.457 e. The van der Waals surface area contributed by atoms with Crippen LogP contribution in [0.4, 0.5) is 5.69 Å². The molecule has 0 aromatic heterocycles. The number of carbonyl (C=O) groups excluding carboxylic acids is 1. The third-order valence-electron chi connectivity index (χ3n) is 3.68. The Balaban J connectivity index is 1.89. The third-order valence-corrected chi connectivity index (χ3v) is 5.13. The van der Waals surface area contributed by atoms with Crippen LogP contribution >= 0.6 is 0 Å². The number of hydrogen-bond acceptors (Lipinski definition) is 4. The van der Waals surface area contributed by atoms with Crippen molar-refractivity contribution in [2.75, 3.05) is 18.1 Å². The van der Waals surface area contributed by atoms with E-state index in [4.69, 9.17) is 4.74 Å². The van der Waals surface area contributed by atoms with Gasteiger partial charge in [-0.15, -0.1) is 0 Å². The van der Waals surface area contributed by atoms with E-state index in [2.05, 4.69) is 5.32 Å². The first kappa shape index (κ1) is 19.9. The Morgan fingerprint density at radius 1 is 1.04 bits per heavy atom. The van der Waals surface area contributed by atoms with Gasteiger partial charge in [0.05, 0.1) is 6.26 Å². The van der Waals surface area contributed by atoms with Crippen LogP contribution in [0, 0.1) is 0 Å². The minimum absolute atomic E-state index is 0.0908. The van der Waals surface area contributed by atoms with Crippen LogP contribution in [0.5, 0.6) is 11.5 Å². The lowest BCUT2D eigenvalue weighted by Crippen LogP contribution is -2.38. The molecule has 140 valence electrons. The lowest BCUT2D eigenvalue weighted by atomic mass is 10.2. The maximum atomic E-state index is 12.1. The first-order valence-electron chi connectivity index (χ1n) is 8.35. The normalized spacial score (nSPS) is 11.6. The van der Waals surface area contributed by atoms with Crippen molar-refractivity contribution in [2.45, 2.75) is 26.3 Å². The number of nitrogens with zero attached hydrogens (tertiary/aromatic N) is 1. The van der Waals surface area contributed by atoms with Crippen molar-refractivity contribution in [2.24, 2.45) is 0 Å². The van der Waals surface area contributed by atoms with Gasteiger partial charge in [0.25, 0.3) is 0 Å². The highest BCUT2D eigenvalue weighted by atomic mass is 32.2. The highest BCUT2D eigenvalue weighted by molar-refractivity contribution is 7.88. The number of rotatable bonds is 8. The number of anilines is 1. The van der Waals surface area contributed by atoms with Gasteiger partial charge in [0, 0.05) is 24.7 Å². The number of para-hydroxylation sites is 1. The smallest absolute Gasteiger partial charge is 0.225 e. The molecular weight excluding hydrogens is 352 g/mol. The molecule has 0 unspecified atom stereocenters. The van der Waals surface area contributed by atoms with Crippen LogP contribution in [0.15, 0.2) is 54.6 Å².